The van der Waals surface area contributed by atoms with Gasteiger partial charge in [0.25, 0.3) is 0 Å². The van der Waals surface area contributed by atoms with E-state index in [1.807, 2.05) is 37.4 Å². The first-order valence-electron chi connectivity index (χ1n) is 6.26. The summed E-state index contributed by atoms with van der Waals surface area (Å²) in [6, 6.07) is 11.7. The maximum absolute atomic E-state index is 11.1. The SMILES string of the molecule is CCOC([O-])=C/C=C/C=C(/C#N)N(C)c1ccccc1.[Li+]. The van der Waals surface area contributed by atoms with Crippen LogP contribution in [0.15, 0.2) is 66.3 Å². The molecule has 0 aliphatic heterocycles. The van der Waals surface area contributed by atoms with Gasteiger partial charge in [-0.3, -0.25) is 0 Å². The Hall–Kier alpha value is -2.07. The zero-order chi connectivity index (χ0) is 14.8. The van der Waals surface area contributed by atoms with Crippen molar-refractivity contribution >= 4 is 5.69 Å². The van der Waals surface area contributed by atoms with Gasteiger partial charge < -0.3 is 14.7 Å². The van der Waals surface area contributed by atoms with E-state index in [0.717, 1.165) is 5.69 Å². The van der Waals surface area contributed by atoms with Crippen LogP contribution in [0.5, 0.6) is 0 Å². The van der Waals surface area contributed by atoms with Crippen molar-refractivity contribution in [2.45, 2.75) is 6.92 Å². The van der Waals surface area contributed by atoms with E-state index in [0.29, 0.717) is 12.3 Å². The van der Waals surface area contributed by atoms with Crippen LogP contribution in [0.1, 0.15) is 6.92 Å². The van der Waals surface area contributed by atoms with Crippen LogP contribution in [0.2, 0.25) is 0 Å². The van der Waals surface area contributed by atoms with Crippen molar-refractivity contribution < 1.29 is 28.7 Å². The summed E-state index contributed by atoms with van der Waals surface area (Å²) in [5, 5.41) is 20.2. The summed E-state index contributed by atoms with van der Waals surface area (Å²) >= 11 is 0. The largest absolute Gasteiger partial charge is 1.00 e. The number of nitriles is 1. The Morgan fingerprint density at radius 2 is 1.90 bits per heavy atom. The molecule has 4 nitrogen and oxygen atoms in total. The summed E-state index contributed by atoms with van der Waals surface area (Å²) in [5.41, 5.74) is 1.40. The van der Waals surface area contributed by atoms with Gasteiger partial charge in [0.2, 0.25) is 0 Å². The van der Waals surface area contributed by atoms with Crippen molar-refractivity contribution in [3.05, 3.63) is 66.3 Å². The predicted octanol–water partition coefficient (Wildman–Crippen LogP) is -0.671. The number of nitrogens with zero attached hydrogens (tertiary/aromatic N) is 2. The van der Waals surface area contributed by atoms with Crippen molar-refractivity contribution in [3.63, 3.8) is 0 Å². The zero-order valence-electron chi connectivity index (χ0n) is 12.6. The van der Waals surface area contributed by atoms with Crippen molar-refractivity contribution in [1.29, 1.82) is 5.26 Å². The van der Waals surface area contributed by atoms with Crippen molar-refractivity contribution in [1.82, 2.24) is 0 Å². The minimum absolute atomic E-state index is 0. The maximum Gasteiger partial charge on any atom is 1.00 e. The minimum atomic E-state index is -0.396. The van der Waals surface area contributed by atoms with E-state index in [9.17, 15) is 5.11 Å². The third-order valence-electron chi connectivity index (χ3n) is 2.50. The molecule has 0 unspecified atom stereocenters. The minimum Gasteiger partial charge on any atom is -0.614 e. The topological polar surface area (TPSA) is 59.3 Å². The van der Waals surface area contributed by atoms with Gasteiger partial charge in [-0.25, -0.2) is 0 Å². The first-order chi connectivity index (χ1) is 9.69. The molecule has 1 aromatic rings. The molecule has 5 heteroatoms. The molecule has 0 atom stereocenters. The van der Waals surface area contributed by atoms with Gasteiger partial charge in [-0.1, -0.05) is 37.3 Å². The number of anilines is 1. The second-order valence-corrected chi connectivity index (χ2v) is 3.86. The standard InChI is InChI=1S/C16H18N2O2.Li/c1-3-20-16(19)12-8-7-11-15(13-17)18(2)14-9-5-4-6-10-14;/h4-12,19H,3H2,1-2H3;/q;+1/p-1/b8-7+,15-11-,16-12?;. The summed E-state index contributed by atoms with van der Waals surface area (Å²) in [4.78, 5) is 1.77. The van der Waals surface area contributed by atoms with Crippen molar-refractivity contribution in [3.8, 4) is 6.07 Å². The number of benzene rings is 1. The third kappa shape index (κ3) is 6.77. The molecular weight excluding hydrogens is 259 g/mol. The molecule has 0 aliphatic rings. The van der Waals surface area contributed by atoms with E-state index in [1.165, 1.54) is 6.08 Å². The van der Waals surface area contributed by atoms with Crippen LogP contribution in [-0.4, -0.2) is 13.7 Å². The van der Waals surface area contributed by atoms with Gasteiger partial charge in [-0.15, -0.1) is 0 Å². The molecule has 1 aromatic carbocycles. The maximum atomic E-state index is 11.1. The van der Waals surface area contributed by atoms with Gasteiger partial charge in [0.05, 0.1) is 5.95 Å². The Labute approximate surface area is 137 Å². The van der Waals surface area contributed by atoms with Gasteiger partial charge in [-0.2, -0.15) is 5.26 Å². The Kier molecular flexibility index (Phi) is 9.63. The zero-order valence-corrected chi connectivity index (χ0v) is 12.6. The quantitative estimate of drug-likeness (QED) is 0.299. The first-order valence-corrected chi connectivity index (χ1v) is 6.26. The van der Waals surface area contributed by atoms with Crippen LogP contribution >= 0.6 is 0 Å². The molecule has 104 valence electrons. The van der Waals surface area contributed by atoms with Crippen LogP contribution in [0.3, 0.4) is 0 Å². The van der Waals surface area contributed by atoms with E-state index in [2.05, 4.69) is 6.07 Å². The molecule has 21 heavy (non-hydrogen) atoms. The number of allylic oxidation sites excluding steroid dienone is 5. The van der Waals surface area contributed by atoms with Crippen LogP contribution in [0.25, 0.3) is 0 Å². The molecule has 0 N–H and O–H groups in total. The van der Waals surface area contributed by atoms with Gasteiger partial charge in [0, 0.05) is 12.7 Å². The van der Waals surface area contributed by atoms with E-state index in [1.54, 1.807) is 30.1 Å². The Bertz CT molecular complexity index is 545. The molecule has 0 fully saturated rings. The van der Waals surface area contributed by atoms with E-state index in [4.69, 9.17) is 10.00 Å². The van der Waals surface area contributed by atoms with Gasteiger partial charge in [0.15, 0.2) is 0 Å². The molecule has 0 bridgehead atoms. The predicted molar refractivity (Wildman–Crippen MR) is 77.4 cm³/mol. The van der Waals surface area contributed by atoms with Crippen LogP contribution in [-0.2, 0) is 4.74 Å². The Morgan fingerprint density at radius 1 is 1.29 bits per heavy atom. The van der Waals surface area contributed by atoms with Crippen LogP contribution in [0.4, 0.5) is 5.69 Å². The Morgan fingerprint density at radius 3 is 2.48 bits per heavy atom. The molecule has 0 aromatic heterocycles. The average molecular weight is 276 g/mol. The molecule has 0 amide bonds. The smallest absolute Gasteiger partial charge is 0.614 e. The van der Waals surface area contributed by atoms with Gasteiger partial charge in [-0.05, 0) is 30.9 Å². The summed E-state index contributed by atoms with van der Waals surface area (Å²) in [6.45, 7) is 2.09. The molecule has 0 spiro atoms. The second kappa shape index (κ2) is 10.7. The number of rotatable bonds is 6. The first kappa shape index (κ1) is 18.9. The molecule has 0 radical (unpaired) electrons. The number of hydrogen-bond donors (Lipinski definition) is 0. The molecule has 0 aliphatic carbocycles. The summed E-state index contributed by atoms with van der Waals surface area (Å²) in [5.74, 6) is -0.396. The van der Waals surface area contributed by atoms with E-state index < -0.39 is 5.95 Å². The van der Waals surface area contributed by atoms with Crippen LogP contribution < -0.4 is 28.9 Å². The van der Waals surface area contributed by atoms with Crippen molar-refractivity contribution in [2.24, 2.45) is 0 Å². The Balaban J connectivity index is 0.00000400. The van der Waals surface area contributed by atoms with E-state index >= 15 is 0 Å². The fourth-order valence-corrected chi connectivity index (χ4v) is 1.49. The number of ether oxygens (including phenoxy) is 1. The normalized spacial score (nSPS) is 11.7. The molecule has 0 saturated heterocycles. The summed E-state index contributed by atoms with van der Waals surface area (Å²) in [7, 11) is 1.81. The fourth-order valence-electron chi connectivity index (χ4n) is 1.49. The van der Waals surface area contributed by atoms with Gasteiger partial charge in [0.1, 0.15) is 11.8 Å². The van der Waals surface area contributed by atoms with Gasteiger partial charge >= 0.3 is 18.9 Å². The third-order valence-corrected chi connectivity index (χ3v) is 2.50. The van der Waals surface area contributed by atoms with Crippen LogP contribution in [0, 0.1) is 11.3 Å². The van der Waals surface area contributed by atoms with Crippen molar-refractivity contribution in [2.75, 3.05) is 18.6 Å². The molecular formula is C16H17LiN2O2. The monoisotopic (exact) mass is 276 g/mol. The van der Waals surface area contributed by atoms with E-state index in [-0.39, 0.29) is 18.9 Å². The summed E-state index contributed by atoms with van der Waals surface area (Å²) in [6.07, 6.45) is 6.14. The molecule has 1 rings (SSSR count). The fraction of sp³-hybridized carbons (Fsp3) is 0.188. The average Bonchev–Trinajstić information content (AvgIpc) is 2.48. The second-order valence-electron chi connectivity index (χ2n) is 3.86. The number of hydrogen-bond acceptors (Lipinski definition) is 4. The number of para-hydroxylation sites is 1. The summed E-state index contributed by atoms with van der Waals surface area (Å²) < 4.78 is 4.75. The molecule has 0 saturated carbocycles. The molecule has 0 heterocycles.